The largest absolute Gasteiger partial charge is 0.433 e. The summed E-state index contributed by atoms with van der Waals surface area (Å²) in [6.45, 7) is 1.85. The van der Waals surface area contributed by atoms with Crippen molar-refractivity contribution in [2.75, 3.05) is 0 Å². The van der Waals surface area contributed by atoms with Gasteiger partial charge in [-0.25, -0.2) is 9.97 Å². The number of nitro groups is 1. The van der Waals surface area contributed by atoms with E-state index in [9.17, 15) is 14.9 Å². The predicted molar refractivity (Wildman–Crippen MR) is 75.1 cm³/mol. The van der Waals surface area contributed by atoms with Crippen molar-refractivity contribution in [2.24, 2.45) is 5.92 Å². The number of rotatable bonds is 5. The van der Waals surface area contributed by atoms with Gasteiger partial charge in [0.15, 0.2) is 11.6 Å². The Balaban J connectivity index is 1.78. The van der Waals surface area contributed by atoms with Gasteiger partial charge in [0.1, 0.15) is 4.92 Å². The molecule has 114 valence electrons. The fourth-order valence-electron chi connectivity index (χ4n) is 2.20. The molecule has 0 saturated heterocycles. The van der Waals surface area contributed by atoms with Gasteiger partial charge in [0, 0.05) is 11.9 Å². The molecule has 0 radical (unpaired) electrons. The number of nitrogens with zero attached hydrogens (tertiary/aromatic N) is 3. The maximum atomic E-state index is 12.2. The molecule has 1 fully saturated rings. The topological polar surface area (TPSA) is 111 Å². The highest BCUT2D eigenvalue weighted by Gasteiger charge is 2.36. The van der Waals surface area contributed by atoms with E-state index in [2.05, 4.69) is 15.3 Å². The van der Waals surface area contributed by atoms with E-state index >= 15 is 0 Å². The molecular formula is C14H14N4O4. The van der Waals surface area contributed by atoms with Gasteiger partial charge in [0.2, 0.25) is 0 Å². The lowest BCUT2D eigenvalue weighted by Crippen LogP contribution is -2.31. The summed E-state index contributed by atoms with van der Waals surface area (Å²) in [5.41, 5.74) is 0.818. The molecule has 3 rings (SSSR count). The molecule has 1 atom stereocenters. The fraction of sp³-hybridized carbons (Fsp3) is 0.357. The van der Waals surface area contributed by atoms with Crippen molar-refractivity contribution in [1.29, 1.82) is 0 Å². The lowest BCUT2D eigenvalue weighted by atomic mass is 10.1. The number of furan rings is 1. The third-order valence-corrected chi connectivity index (χ3v) is 3.47. The van der Waals surface area contributed by atoms with E-state index < -0.39 is 16.7 Å². The third kappa shape index (κ3) is 2.95. The van der Waals surface area contributed by atoms with Crippen LogP contribution in [0.2, 0.25) is 0 Å². The quantitative estimate of drug-likeness (QED) is 0.669. The van der Waals surface area contributed by atoms with Gasteiger partial charge < -0.3 is 9.73 Å². The number of carbonyl (C=O) groups excluding carboxylic acids is 1. The molecule has 1 aliphatic carbocycles. The number of hydrogen-bond acceptors (Lipinski definition) is 6. The molecule has 1 amide bonds. The van der Waals surface area contributed by atoms with E-state index in [1.807, 2.05) is 6.92 Å². The summed E-state index contributed by atoms with van der Waals surface area (Å²) in [5.74, 6) is -0.215. The van der Waals surface area contributed by atoms with Gasteiger partial charge in [-0.2, -0.15) is 0 Å². The van der Waals surface area contributed by atoms with Crippen LogP contribution in [0.3, 0.4) is 0 Å². The van der Waals surface area contributed by atoms with Gasteiger partial charge >= 0.3 is 5.88 Å². The lowest BCUT2D eigenvalue weighted by Gasteiger charge is -2.16. The first kappa shape index (κ1) is 14.2. The number of nitrogens with one attached hydrogen (secondary N) is 1. The van der Waals surface area contributed by atoms with Gasteiger partial charge in [-0.3, -0.25) is 14.9 Å². The first-order valence-corrected chi connectivity index (χ1v) is 6.89. The van der Waals surface area contributed by atoms with Crippen molar-refractivity contribution in [3.05, 3.63) is 51.8 Å². The maximum absolute atomic E-state index is 12.2. The highest BCUT2D eigenvalue weighted by atomic mass is 16.6. The number of aryl methyl sites for hydroxylation is 1. The van der Waals surface area contributed by atoms with Crippen molar-refractivity contribution >= 4 is 11.8 Å². The maximum Gasteiger partial charge on any atom is 0.433 e. The van der Waals surface area contributed by atoms with Crippen LogP contribution < -0.4 is 5.32 Å². The van der Waals surface area contributed by atoms with Crippen LogP contribution in [0.5, 0.6) is 0 Å². The van der Waals surface area contributed by atoms with Gasteiger partial charge in [0.25, 0.3) is 5.91 Å². The van der Waals surface area contributed by atoms with E-state index in [1.54, 1.807) is 12.3 Å². The molecule has 1 saturated carbocycles. The van der Waals surface area contributed by atoms with Crippen LogP contribution in [0.25, 0.3) is 0 Å². The van der Waals surface area contributed by atoms with Crippen molar-refractivity contribution in [3.63, 3.8) is 0 Å². The zero-order valence-corrected chi connectivity index (χ0v) is 11.9. The highest BCUT2D eigenvalue weighted by molar-refractivity contribution is 5.92. The summed E-state index contributed by atoms with van der Waals surface area (Å²) in [5, 5.41) is 13.4. The van der Waals surface area contributed by atoms with Crippen LogP contribution in [0, 0.1) is 23.0 Å². The average Bonchev–Trinajstić information content (AvgIpc) is 3.19. The van der Waals surface area contributed by atoms with Crippen molar-refractivity contribution in [2.45, 2.75) is 25.8 Å². The zero-order valence-electron chi connectivity index (χ0n) is 11.9. The molecule has 2 heterocycles. The third-order valence-electron chi connectivity index (χ3n) is 3.47. The van der Waals surface area contributed by atoms with Crippen LogP contribution in [-0.2, 0) is 0 Å². The van der Waals surface area contributed by atoms with Gasteiger partial charge in [-0.05, 0) is 37.8 Å². The van der Waals surface area contributed by atoms with Crippen molar-refractivity contribution in [1.82, 2.24) is 15.3 Å². The average molecular weight is 302 g/mol. The number of amides is 1. The second-order valence-electron chi connectivity index (χ2n) is 5.24. The molecule has 8 nitrogen and oxygen atoms in total. The van der Waals surface area contributed by atoms with E-state index in [4.69, 9.17) is 4.42 Å². The second kappa shape index (κ2) is 5.55. The van der Waals surface area contributed by atoms with E-state index in [1.165, 1.54) is 6.07 Å². The Hall–Kier alpha value is -2.77. The summed E-state index contributed by atoms with van der Waals surface area (Å²) in [4.78, 5) is 30.7. The highest BCUT2D eigenvalue weighted by Crippen LogP contribution is 2.40. The molecule has 2 aromatic rings. The van der Waals surface area contributed by atoms with Crippen LogP contribution in [0.15, 0.2) is 28.8 Å². The van der Waals surface area contributed by atoms with E-state index in [0.29, 0.717) is 5.82 Å². The minimum Gasteiger partial charge on any atom is -0.395 e. The Bertz CT molecular complexity index is 723. The lowest BCUT2D eigenvalue weighted by molar-refractivity contribution is -0.402. The molecule has 1 N–H and O–H groups in total. The van der Waals surface area contributed by atoms with Gasteiger partial charge in [-0.1, -0.05) is 0 Å². The summed E-state index contributed by atoms with van der Waals surface area (Å²) in [6, 6.07) is 3.92. The summed E-state index contributed by atoms with van der Waals surface area (Å²) in [6.07, 6.45) is 3.62. The van der Waals surface area contributed by atoms with Gasteiger partial charge in [-0.15, -0.1) is 0 Å². The first-order chi connectivity index (χ1) is 10.5. The monoisotopic (exact) mass is 302 g/mol. The SMILES string of the molecule is Cc1ccnc([C@H](NC(=O)c2ccc([N+](=O)[O-])o2)C2CC2)n1. The zero-order chi connectivity index (χ0) is 15.7. The number of carbonyl (C=O) groups is 1. The number of aromatic nitrogens is 2. The van der Waals surface area contributed by atoms with Crippen molar-refractivity contribution < 1.29 is 14.1 Å². The second-order valence-corrected chi connectivity index (χ2v) is 5.24. The molecule has 0 spiro atoms. The van der Waals surface area contributed by atoms with E-state index in [-0.39, 0.29) is 17.7 Å². The summed E-state index contributed by atoms with van der Waals surface area (Å²) in [7, 11) is 0. The normalized spacial score (nSPS) is 15.3. The predicted octanol–water partition coefficient (Wildman–Crippen LogP) is 2.17. The molecule has 2 aromatic heterocycles. The van der Waals surface area contributed by atoms with Crippen LogP contribution >= 0.6 is 0 Å². The first-order valence-electron chi connectivity index (χ1n) is 6.89. The minimum absolute atomic E-state index is 0.0926. The van der Waals surface area contributed by atoms with Crippen molar-refractivity contribution in [3.8, 4) is 0 Å². The van der Waals surface area contributed by atoms with Crippen LogP contribution in [-0.4, -0.2) is 20.8 Å². The molecular weight excluding hydrogens is 288 g/mol. The Morgan fingerprint density at radius 1 is 1.45 bits per heavy atom. The Labute approximate surface area is 125 Å². The minimum atomic E-state index is -0.682. The molecule has 22 heavy (non-hydrogen) atoms. The molecule has 8 heteroatoms. The standard InChI is InChI=1S/C14H14N4O4/c1-8-6-7-15-13(16-8)12(9-2-3-9)17-14(19)10-4-5-11(22-10)18(20)21/h4-7,9,12H,2-3H2,1H3,(H,17,19)/t12-/m1/s1. The Kier molecular flexibility index (Phi) is 3.58. The smallest absolute Gasteiger partial charge is 0.395 e. The Morgan fingerprint density at radius 2 is 2.23 bits per heavy atom. The molecule has 0 bridgehead atoms. The molecule has 0 aliphatic heterocycles. The summed E-state index contributed by atoms with van der Waals surface area (Å²) < 4.78 is 4.92. The fourth-order valence-corrected chi connectivity index (χ4v) is 2.20. The van der Waals surface area contributed by atoms with E-state index in [0.717, 1.165) is 24.6 Å². The Morgan fingerprint density at radius 3 is 2.82 bits per heavy atom. The van der Waals surface area contributed by atoms with Gasteiger partial charge in [0.05, 0.1) is 12.1 Å². The molecule has 0 aromatic carbocycles. The summed E-state index contributed by atoms with van der Waals surface area (Å²) >= 11 is 0. The molecule has 1 aliphatic rings. The van der Waals surface area contributed by atoms with Crippen LogP contribution in [0.4, 0.5) is 5.88 Å². The number of hydrogen-bond donors (Lipinski definition) is 1. The van der Waals surface area contributed by atoms with Crippen LogP contribution in [0.1, 0.15) is 41.0 Å². The molecule has 0 unspecified atom stereocenters.